The Kier molecular flexibility index (Phi) is 4.48. The molecule has 4 heteroatoms. The van der Waals surface area contributed by atoms with E-state index in [-0.39, 0.29) is 17.2 Å². The maximum Gasteiger partial charge on any atom is 0.145 e. The summed E-state index contributed by atoms with van der Waals surface area (Å²) in [4.78, 5) is 3.78. The highest BCUT2D eigenvalue weighted by molar-refractivity contribution is 9.10. The summed E-state index contributed by atoms with van der Waals surface area (Å²) < 4.78 is 0.994. The first-order valence-corrected chi connectivity index (χ1v) is 7.19. The summed E-state index contributed by atoms with van der Waals surface area (Å²) in [5, 5.41) is 20.7. The molecule has 0 aromatic heterocycles. The van der Waals surface area contributed by atoms with E-state index in [0.717, 1.165) is 10.0 Å². The third-order valence-electron chi connectivity index (χ3n) is 3.48. The van der Waals surface area contributed by atoms with Gasteiger partial charge in [0.05, 0.1) is 0 Å². The lowest BCUT2D eigenvalue weighted by Crippen LogP contribution is -1.96. The Labute approximate surface area is 132 Å². The number of rotatable bonds is 4. The predicted octanol–water partition coefficient (Wildman–Crippen LogP) is 4.73. The third kappa shape index (κ3) is 2.85. The minimum Gasteiger partial charge on any atom is -0.507 e. The average Bonchev–Trinajstić information content (AvgIpc) is 2.49. The Morgan fingerprint density at radius 2 is 1.81 bits per heavy atom. The van der Waals surface area contributed by atoms with Crippen molar-refractivity contribution in [1.82, 2.24) is 0 Å². The number of phenolic OH excluding ortho intramolecular Hbond substituents is 2. The van der Waals surface area contributed by atoms with Crippen molar-refractivity contribution in [3.63, 3.8) is 0 Å². The van der Waals surface area contributed by atoms with Crippen molar-refractivity contribution in [1.29, 1.82) is 0 Å². The zero-order chi connectivity index (χ0) is 15.6. The minimum absolute atomic E-state index is 0.0322. The van der Waals surface area contributed by atoms with Crippen LogP contribution in [0, 0.1) is 6.92 Å². The SMILES string of the molecule is C=Cc1c(O)c(Cc2ccc(Br)cc2)c(C)c(O)c1N=C. The monoisotopic (exact) mass is 345 g/mol. The summed E-state index contributed by atoms with van der Waals surface area (Å²) in [6.07, 6.45) is 1.99. The van der Waals surface area contributed by atoms with Gasteiger partial charge in [-0.05, 0) is 31.3 Å². The van der Waals surface area contributed by atoms with E-state index in [9.17, 15) is 10.2 Å². The van der Waals surface area contributed by atoms with E-state index >= 15 is 0 Å². The van der Waals surface area contributed by atoms with Crippen LogP contribution in [0.4, 0.5) is 5.69 Å². The molecule has 0 saturated heterocycles. The molecule has 0 aliphatic rings. The van der Waals surface area contributed by atoms with Gasteiger partial charge in [-0.25, -0.2) is 0 Å². The second kappa shape index (κ2) is 6.14. The lowest BCUT2D eigenvalue weighted by molar-refractivity contribution is 0.452. The predicted molar refractivity (Wildman–Crippen MR) is 90.8 cm³/mol. The lowest BCUT2D eigenvalue weighted by atomic mass is 9.94. The summed E-state index contributed by atoms with van der Waals surface area (Å²) in [5.74, 6) is 0.121. The van der Waals surface area contributed by atoms with E-state index in [2.05, 4.69) is 34.2 Å². The van der Waals surface area contributed by atoms with E-state index in [1.807, 2.05) is 24.3 Å². The van der Waals surface area contributed by atoms with E-state index in [4.69, 9.17) is 0 Å². The summed E-state index contributed by atoms with van der Waals surface area (Å²) in [6, 6.07) is 7.81. The normalized spacial score (nSPS) is 10.4. The van der Waals surface area contributed by atoms with Gasteiger partial charge in [-0.1, -0.05) is 40.7 Å². The quantitative estimate of drug-likeness (QED) is 0.621. The third-order valence-corrected chi connectivity index (χ3v) is 4.01. The Morgan fingerprint density at radius 1 is 1.19 bits per heavy atom. The molecule has 0 spiro atoms. The molecule has 0 amide bonds. The number of nitrogens with zero attached hydrogens (tertiary/aromatic N) is 1. The van der Waals surface area contributed by atoms with Gasteiger partial charge in [0.1, 0.15) is 17.2 Å². The molecular formula is C17H16BrNO2. The van der Waals surface area contributed by atoms with Crippen molar-refractivity contribution >= 4 is 34.4 Å². The van der Waals surface area contributed by atoms with Gasteiger partial charge in [0, 0.05) is 27.6 Å². The molecule has 0 saturated carbocycles. The molecule has 0 atom stereocenters. The molecular weight excluding hydrogens is 330 g/mol. The van der Waals surface area contributed by atoms with Gasteiger partial charge in [0.25, 0.3) is 0 Å². The largest absolute Gasteiger partial charge is 0.507 e. The number of hydrogen-bond donors (Lipinski definition) is 2. The molecule has 3 nitrogen and oxygen atoms in total. The molecule has 2 N–H and O–H groups in total. The van der Waals surface area contributed by atoms with Gasteiger partial charge < -0.3 is 10.2 Å². The first kappa shape index (κ1) is 15.3. The van der Waals surface area contributed by atoms with E-state index < -0.39 is 0 Å². The van der Waals surface area contributed by atoms with Crippen molar-refractivity contribution in [3.8, 4) is 11.5 Å². The van der Waals surface area contributed by atoms with Gasteiger partial charge in [0.2, 0.25) is 0 Å². The summed E-state index contributed by atoms with van der Waals surface area (Å²) >= 11 is 3.39. The Morgan fingerprint density at radius 3 is 2.33 bits per heavy atom. The first-order chi connectivity index (χ1) is 9.99. The molecule has 0 radical (unpaired) electrons. The Balaban J connectivity index is 2.58. The maximum absolute atomic E-state index is 10.4. The van der Waals surface area contributed by atoms with Gasteiger partial charge >= 0.3 is 0 Å². The van der Waals surface area contributed by atoms with Crippen molar-refractivity contribution in [3.05, 3.63) is 57.6 Å². The zero-order valence-corrected chi connectivity index (χ0v) is 13.3. The molecule has 0 unspecified atom stereocenters. The summed E-state index contributed by atoms with van der Waals surface area (Å²) in [5.41, 5.74) is 2.96. The molecule has 2 rings (SSSR count). The number of benzene rings is 2. The number of aromatic hydroxyl groups is 2. The second-order valence-corrected chi connectivity index (χ2v) is 5.64. The molecule has 21 heavy (non-hydrogen) atoms. The van der Waals surface area contributed by atoms with Gasteiger partial charge in [-0.3, -0.25) is 4.99 Å². The molecule has 2 aromatic carbocycles. The van der Waals surface area contributed by atoms with E-state index in [0.29, 0.717) is 23.1 Å². The molecule has 0 aliphatic heterocycles. The lowest BCUT2D eigenvalue weighted by Gasteiger charge is -2.16. The van der Waals surface area contributed by atoms with Crippen LogP contribution in [-0.2, 0) is 6.42 Å². The molecule has 0 fully saturated rings. The smallest absolute Gasteiger partial charge is 0.145 e. The van der Waals surface area contributed by atoms with Crippen LogP contribution >= 0.6 is 15.9 Å². The number of phenols is 2. The van der Waals surface area contributed by atoms with Crippen molar-refractivity contribution < 1.29 is 10.2 Å². The fourth-order valence-electron chi connectivity index (χ4n) is 2.28. The number of halogens is 1. The standard InChI is InChI=1S/C17H16BrNO2/c1-4-13-15(19-3)16(20)10(2)14(17(13)21)9-11-5-7-12(18)8-6-11/h4-8,20-21H,1,3,9H2,2H3. The van der Waals surface area contributed by atoms with Gasteiger partial charge in [-0.2, -0.15) is 0 Å². The van der Waals surface area contributed by atoms with Crippen LogP contribution in [0.2, 0.25) is 0 Å². The van der Waals surface area contributed by atoms with Crippen LogP contribution in [0.25, 0.3) is 6.08 Å². The zero-order valence-electron chi connectivity index (χ0n) is 11.7. The van der Waals surface area contributed by atoms with Crippen LogP contribution in [0.3, 0.4) is 0 Å². The van der Waals surface area contributed by atoms with Crippen molar-refractivity contribution in [2.24, 2.45) is 4.99 Å². The first-order valence-electron chi connectivity index (χ1n) is 6.40. The fraction of sp³-hybridized carbons (Fsp3) is 0.118. The van der Waals surface area contributed by atoms with Gasteiger partial charge in [0.15, 0.2) is 0 Å². The van der Waals surface area contributed by atoms with Crippen LogP contribution < -0.4 is 0 Å². The van der Waals surface area contributed by atoms with E-state index in [1.54, 1.807) is 6.92 Å². The maximum atomic E-state index is 10.4. The highest BCUT2D eigenvalue weighted by Crippen LogP contribution is 2.43. The highest BCUT2D eigenvalue weighted by atomic mass is 79.9. The van der Waals surface area contributed by atoms with Crippen molar-refractivity contribution in [2.45, 2.75) is 13.3 Å². The topological polar surface area (TPSA) is 52.8 Å². The van der Waals surface area contributed by atoms with E-state index in [1.165, 1.54) is 6.08 Å². The molecule has 0 bridgehead atoms. The minimum atomic E-state index is 0.0322. The second-order valence-electron chi connectivity index (χ2n) is 4.73. The van der Waals surface area contributed by atoms with Crippen LogP contribution in [-0.4, -0.2) is 16.9 Å². The Hall–Kier alpha value is -2.07. The Bertz CT molecular complexity index is 706. The summed E-state index contributed by atoms with van der Waals surface area (Å²) in [7, 11) is 0. The molecule has 108 valence electrons. The molecule has 0 heterocycles. The molecule has 0 aliphatic carbocycles. The average molecular weight is 346 g/mol. The number of aliphatic imine (C=N–C) groups is 1. The highest BCUT2D eigenvalue weighted by Gasteiger charge is 2.19. The van der Waals surface area contributed by atoms with Crippen LogP contribution in [0.5, 0.6) is 11.5 Å². The fourth-order valence-corrected chi connectivity index (χ4v) is 2.54. The molecule has 2 aromatic rings. The van der Waals surface area contributed by atoms with Crippen LogP contribution in [0.1, 0.15) is 22.3 Å². The van der Waals surface area contributed by atoms with Crippen molar-refractivity contribution in [2.75, 3.05) is 0 Å². The number of hydrogen-bond acceptors (Lipinski definition) is 3. The summed E-state index contributed by atoms with van der Waals surface area (Å²) in [6.45, 7) is 8.85. The van der Waals surface area contributed by atoms with Gasteiger partial charge in [-0.15, -0.1) is 0 Å². The van der Waals surface area contributed by atoms with Crippen LogP contribution in [0.15, 0.2) is 40.3 Å².